The van der Waals surface area contributed by atoms with Gasteiger partial charge in [0.05, 0.1) is 24.7 Å². The SMILES string of the molecule is C=COC(C)(C)C.C=COCC(C)C. The second kappa shape index (κ2) is 8.67. The molecule has 0 aromatic carbocycles. The van der Waals surface area contributed by atoms with E-state index in [0.717, 1.165) is 6.61 Å². The molecule has 84 valence electrons. The van der Waals surface area contributed by atoms with E-state index in [0.29, 0.717) is 5.92 Å². The average molecular weight is 200 g/mol. The Kier molecular flexibility index (Phi) is 9.63. The molecular formula is C12H24O2. The molecular weight excluding hydrogens is 176 g/mol. The summed E-state index contributed by atoms with van der Waals surface area (Å²) in [6, 6.07) is 0. The zero-order valence-electron chi connectivity index (χ0n) is 10.2. The van der Waals surface area contributed by atoms with Gasteiger partial charge in [-0.3, -0.25) is 0 Å². The van der Waals surface area contributed by atoms with Crippen molar-refractivity contribution in [1.29, 1.82) is 0 Å². The summed E-state index contributed by atoms with van der Waals surface area (Å²) in [5.41, 5.74) is -0.0677. The van der Waals surface area contributed by atoms with E-state index in [1.165, 1.54) is 12.5 Å². The fourth-order valence-corrected chi connectivity index (χ4v) is 0.510. The maximum atomic E-state index is 4.99. The number of ether oxygens (including phenoxy) is 2. The van der Waals surface area contributed by atoms with E-state index in [1.54, 1.807) is 0 Å². The highest BCUT2D eigenvalue weighted by Crippen LogP contribution is 2.05. The Balaban J connectivity index is 0. The number of hydrogen-bond donors (Lipinski definition) is 0. The fourth-order valence-electron chi connectivity index (χ4n) is 0.510. The highest BCUT2D eigenvalue weighted by Gasteiger charge is 2.05. The van der Waals surface area contributed by atoms with Gasteiger partial charge in [0.2, 0.25) is 0 Å². The summed E-state index contributed by atoms with van der Waals surface area (Å²) in [6.07, 6.45) is 2.93. The van der Waals surface area contributed by atoms with Gasteiger partial charge in [0.1, 0.15) is 0 Å². The summed E-state index contributed by atoms with van der Waals surface area (Å²) in [7, 11) is 0. The molecule has 0 spiro atoms. The van der Waals surface area contributed by atoms with Crippen molar-refractivity contribution in [3.63, 3.8) is 0 Å². The molecule has 0 unspecified atom stereocenters. The molecule has 0 aliphatic rings. The van der Waals surface area contributed by atoms with Gasteiger partial charge >= 0.3 is 0 Å². The van der Waals surface area contributed by atoms with Crippen LogP contribution in [-0.4, -0.2) is 12.2 Å². The Morgan fingerprint density at radius 3 is 1.71 bits per heavy atom. The number of rotatable bonds is 4. The van der Waals surface area contributed by atoms with Crippen LogP contribution >= 0.6 is 0 Å². The van der Waals surface area contributed by atoms with Crippen molar-refractivity contribution in [1.82, 2.24) is 0 Å². The molecule has 0 saturated heterocycles. The highest BCUT2D eigenvalue weighted by atomic mass is 16.5. The molecule has 0 radical (unpaired) electrons. The number of hydrogen-bond acceptors (Lipinski definition) is 2. The van der Waals surface area contributed by atoms with Crippen LogP contribution in [0.2, 0.25) is 0 Å². The van der Waals surface area contributed by atoms with Crippen molar-refractivity contribution < 1.29 is 9.47 Å². The Bertz CT molecular complexity index is 143. The Morgan fingerprint density at radius 2 is 1.64 bits per heavy atom. The van der Waals surface area contributed by atoms with Gasteiger partial charge in [-0.15, -0.1) is 0 Å². The van der Waals surface area contributed by atoms with E-state index in [1.807, 2.05) is 20.8 Å². The molecule has 0 aromatic rings. The Hall–Kier alpha value is -0.920. The van der Waals surface area contributed by atoms with Gasteiger partial charge in [0.25, 0.3) is 0 Å². The molecule has 0 aromatic heterocycles. The van der Waals surface area contributed by atoms with Gasteiger partial charge in [0.15, 0.2) is 0 Å². The summed E-state index contributed by atoms with van der Waals surface area (Å²) >= 11 is 0. The third kappa shape index (κ3) is 22.5. The molecule has 0 rings (SSSR count). The molecule has 0 atom stereocenters. The standard InChI is InChI=1S/2C6H12O/c1-5-7-6(2,3)4;1-4-7-5-6(2)3/h5H,1H2,2-4H3;4,6H,1,5H2,2-3H3. The second-order valence-corrected chi connectivity index (χ2v) is 4.29. The lowest BCUT2D eigenvalue weighted by atomic mass is 10.2. The van der Waals surface area contributed by atoms with E-state index >= 15 is 0 Å². The second-order valence-electron chi connectivity index (χ2n) is 4.29. The van der Waals surface area contributed by atoms with Crippen LogP contribution in [0.5, 0.6) is 0 Å². The molecule has 0 saturated carbocycles. The smallest absolute Gasteiger partial charge is 0.0997 e. The van der Waals surface area contributed by atoms with Crippen LogP contribution in [0, 0.1) is 5.92 Å². The van der Waals surface area contributed by atoms with Crippen molar-refractivity contribution in [2.45, 2.75) is 40.2 Å². The maximum absolute atomic E-state index is 4.99. The lowest BCUT2D eigenvalue weighted by Gasteiger charge is -2.16. The monoisotopic (exact) mass is 200 g/mol. The first-order valence-electron chi connectivity index (χ1n) is 4.84. The molecule has 0 N–H and O–H groups in total. The average Bonchev–Trinajstić information content (AvgIpc) is 1.99. The summed E-state index contributed by atoms with van der Waals surface area (Å²) in [5, 5.41) is 0. The van der Waals surface area contributed by atoms with Crippen LogP contribution in [0.15, 0.2) is 25.7 Å². The largest absolute Gasteiger partial charge is 0.502 e. The predicted molar refractivity (Wildman–Crippen MR) is 62.0 cm³/mol. The van der Waals surface area contributed by atoms with E-state index in [9.17, 15) is 0 Å². The van der Waals surface area contributed by atoms with Gasteiger partial charge in [-0.05, 0) is 26.7 Å². The molecule has 2 heteroatoms. The van der Waals surface area contributed by atoms with Crippen LogP contribution in [0.1, 0.15) is 34.6 Å². The summed E-state index contributed by atoms with van der Waals surface area (Å²) < 4.78 is 9.85. The molecule has 0 fully saturated rings. The van der Waals surface area contributed by atoms with Crippen LogP contribution < -0.4 is 0 Å². The van der Waals surface area contributed by atoms with Gasteiger partial charge in [-0.25, -0.2) is 0 Å². The molecule has 0 bridgehead atoms. The summed E-state index contributed by atoms with van der Waals surface area (Å²) in [5.74, 6) is 0.609. The van der Waals surface area contributed by atoms with Crippen molar-refractivity contribution in [3.8, 4) is 0 Å². The molecule has 0 heterocycles. The van der Waals surface area contributed by atoms with Gasteiger partial charge in [-0.2, -0.15) is 0 Å². The minimum Gasteiger partial charge on any atom is -0.502 e. The minimum absolute atomic E-state index is 0.0677. The first-order chi connectivity index (χ1) is 6.33. The summed E-state index contributed by atoms with van der Waals surface area (Å²) in [4.78, 5) is 0. The van der Waals surface area contributed by atoms with E-state index < -0.39 is 0 Å². The lowest BCUT2D eigenvalue weighted by Crippen LogP contribution is -2.14. The molecule has 0 aliphatic carbocycles. The van der Waals surface area contributed by atoms with E-state index in [2.05, 4.69) is 27.0 Å². The first kappa shape index (κ1) is 15.5. The van der Waals surface area contributed by atoms with Gasteiger partial charge in [0, 0.05) is 0 Å². The van der Waals surface area contributed by atoms with E-state index in [4.69, 9.17) is 9.47 Å². The van der Waals surface area contributed by atoms with Crippen LogP contribution in [0.3, 0.4) is 0 Å². The zero-order chi connectivity index (χ0) is 11.6. The van der Waals surface area contributed by atoms with Gasteiger partial charge < -0.3 is 9.47 Å². The van der Waals surface area contributed by atoms with E-state index in [-0.39, 0.29) is 5.60 Å². The quantitative estimate of drug-likeness (QED) is 0.643. The normalized spacial score (nSPS) is 9.86. The Labute approximate surface area is 88.6 Å². The van der Waals surface area contributed by atoms with Crippen LogP contribution in [0.4, 0.5) is 0 Å². The topological polar surface area (TPSA) is 18.5 Å². The van der Waals surface area contributed by atoms with Crippen LogP contribution in [0.25, 0.3) is 0 Å². The fraction of sp³-hybridized carbons (Fsp3) is 0.667. The van der Waals surface area contributed by atoms with Crippen molar-refractivity contribution >= 4 is 0 Å². The van der Waals surface area contributed by atoms with Crippen molar-refractivity contribution in [2.75, 3.05) is 6.61 Å². The highest BCUT2D eigenvalue weighted by molar-refractivity contribution is 4.63. The maximum Gasteiger partial charge on any atom is 0.0997 e. The summed E-state index contributed by atoms with van der Waals surface area (Å²) in [6.45, 7) is 17.8. The predicted octanol–water partition coefficient (Wildman–Crippen LogP) is 3.75. The molecule has 2 nitrogen and oxygen atoms in total. The Morgan fingerprint density at radius 1 is 1.14 bits per heavy atom. The molecule has 0 amide bonds. The third-order valence-corrected chi connectivity index (χ3v) is 0.984. The van der Waals surface area contributed by atoms with Crippen molar-refractivity contribution in [3.05, 3.63) is 25.7 Å². The first-order valence-corrected chi connectivity index (χ1v) is 4.84. The lowest BCUT2D eigenvalue weighted by molar-refractivity contribution is 0.0775. The molecule has 0 aliphatic heterocycles. The third-order valence-electron chi connectivity index (χ3n) is 0.984. The van der Waals surface area contributed by atoms with Crippen molar-refractivity contribution in [2.24, 2.45) is 5.92 Å². The van der Waals surface area contributed by atoms with Crippen LogP contribution in [-0.2, 0) is 9.47 Å². The molecule has 14 heavy (non-hydrogen) atoms. The zero-order valence-corrected chi connectivity index (χ0v) is 10.2. The minimum atomic E-state index is -0.0677. The van der Waals surface area contributed by atoms with Gasteiger partial charge in [-0.1, -0.05) is 27.0 Å².